The Kier molecular flexibility index (Phi) is 4.18. The minimum Gasteiger partial charge on any atom is -0.490 e. The summed E-state index contributed by atoms with van der Waals surface area (Å²) in [4.78, 5) is 4.18. The normalized spacial score (nSPS) is 10.1. The lowest BCUT2D eigenvalue weighted by Crippen LogP contribution is -2.11. The predicted molar refractivity (Wildman–Crippen MR) is 74.1 cm³/mol. The summed E-state index contributed by atoms with van der Waals surface area (Å²) in [6, 6.07) is 12.2. The van der Waals surface area contributed by atoms with Crippen molar-refractivity contribution in [3.05, 3.63) is 53.9 Å². The molecule has 2 rings (SSSR count). The summed E-state index contributed by atoms with van der Waals surface area (Å²) in [6.45, 7) is 5.44. The van der Waals surface area contributed by atoms with E-state index in [0.29, 0.717) is 6.61 Å². The van der Waals surface area contributed by atoms with E-state index in [-0.39, 0.29) is 0 Å². The smallest absolute Gasteiger partial charge is 0.137 e. The number of pyridine rings is 1. The van der Waals surface area contributed by atoms with Gasteiger partial charge in [-0.1, -0.05) is 17.7 Å². The maximum Gasteiger partial charge on any atom is 0.137 e. The van der Waals surface area contributed by atoms with E-state index in [1.54, 1.807) is 6.20 Å². The molecule has 1 N–H and O–H groups in total. The molecule has 0 saturated carbocycles. The van der Waals surface area contributed by atoms with Gasteiger partial charge in [-0.05, 0) is 38.1 Å². The third kappa shape index (κ3) is 3.77. The molecule has 0 radical (unpaired) electrons. The molecule has 0 aliphatic heterocycles. The Hall–Kier alpha value is -2.03. The Morgan fingerprint density at radius 2 is 1.83 bits per heavy atom. The van der Waals surface area contributed by atoms with E-state index in [9.17, 15) is 0 Å². The fourth-order valence-corrected chi connectivity index (χ4v) is 1.58. The highest BCUT2D eigenvalue weighted by Crippen LogP contribution is 2.10. The van der Waals surface area contributed by atoms with Gasteiger partial charge in [0.15, 0.2) is 0 Å². The zero-order valence-corrected chi connectivity index (χ0v) is 10.8. The maximum absolute atomic E-state index is 5.58. The van der Waals surface area contributed by atoms with Crippen molar-refractivity contribution in [2.24, 2.45) is 0 Å². The maximum atomic E-state index is 5.58. The standard InChI is InChI=1S/C15H18N2O/c1-12-3-6-14(7-4-12)16-9-10-18-15-8-5-13(2)17-11-15/h3-8,11,16H,9-10H2,1-2H3. The number of aryl methyl sites for hydroxylation is 2. The van der Waals surface area contributed by atoms with Crippen molar-refractivity contribution in [1.82, 2.24) is 4.98 Å². The summed E-state index contributed by atoms with van der Waals surface area (Å²) in [5.74, 6) is 0.811. The minimum atomic E-state index is 0.624. The molecule has 0 bridgehead atoms. The summed E-state index contributed by atoms with van der Waals surface area (Å²) in [6.07, 6.45) is 1.75. The molecular weight excluding hydrogens is 224 g/mol. The second kappa shape index (κ2) is 6.05. The molecule has 0 aliphatic rings. The lowest BCUT2D eigenvalue weighted by Gasteiger charge is -2.08. The van der Waals surface area contributed by atoms with Crippen molar-refractivity contribution in [1.29, 1.82) is 0 Å². The quantitative estimate of drug-likeness (QED) is 0.818. The van der Waals surface area contributed by atoms with Crippen LogP contribution in [0, 0.1) is 13.8 Å². The van der Waals surface area contributed by atoms with Gasteiger partial charge in [0.2, 0.25) is 0 Å². The monoisotopic (exact) mass is 242 g/mol. The van der Waals surface area contributed by atoms with Crippen LogP contribution in [0.4, 0.5) is 5.69 Å². The highest BCUT2D eigenvalue weighted by Gasteiger charge is 1.94. The first-order valence-corrected chi connectivity index (χ1v) is 6.10. The van der Waals surface area contributed by atoms with Crippen LogP contribution in [0.25, 0.3) is 0 Å². The zero-order valence-electron chi connectivity index (χ0n) is 10.8. The van der Waals surface area contributed by atoms with Crippen LogP contribution >= 0.6 is 0 Å². The van der Waals surface area contributed by atoms with Crippen molar-refractivity contribution >= 4 is 5.69 Å². The number of hydrogen-bond donors (Lipinski definition) is 1. The first-order chi connectivity index (χ1) is 8.74. The lowest BCUT2D eigenvalue weighted by molar-refractivity contribution is 0.331. The van der Waals surface area contributed by atoms with Crippen molar-refractivity contribution in [2.75, 3.05) is 18.5 Å². The number of anilines is 1. The van der Waals surface area contributed by atoms with Gasteiger partial charge in [-0.2, -0.15) is 0 Å². The lowest BCUT2D eigenvalue weighted by atomic mass is 10.2. The van der Waals surface area contributed by atoms with Gasteiger partial charge in [-0.15, -0.1) is 0 Å². The molecule has 1 aromatic heterocycles. The van der Waals surface area contributed by atoms with E-state index in [1.165, 1.54) is 5.56 Å². The fourth-order valence-electron chi connectivity index (χ4n) is 1.58. The SMILES string of the molecule is Cc1ccc(NCCOc2ccc(C)nc2)cc1. The zero-order chi connectivity index (χ0) is 12.8. The molecular formula is C15H18N2O. The average Bonchev–Trinajstić information content (AvgIpc) is 2.39. The van der Waals surface area contributed by atoms with Crippen LogP contribution in [0.2, 0.25) is 0 Å². The number of aromatic nitrogens is 1. The van der Waals surface area contributed by atoms with Crippen LogP contribution in [-0.4, -0.2) is 18.1 Å². The molecule has 0 amide bonds. The summed E-state index contributed by atoms with van der Waals surface area (Å²) in [7, 11) is 0. The van der Waals surface area contributed by atoms with Gasteiger partial charge in [0.1, 0.15) is 12.4 Å². The van der Waals surface area contributed by atoms with Crippen molar-refractivity contribution in [3.8, 4) is 5.75 Å². The fraction of sp³-hybridized carbons (Fsp3) is 0.267. The van der Waals surface area contributed by atoms with Crippen molar-refractivity contribution in [3.63, 3.8) is 0 Å². The molecule has 0 fully saturated rings. The van der Waals surface area contributed by atoms with Gasteiger partial charge < -0.3 is 10.1 Å². The van der Waals surface area contributed by atoms with Gasteiger partial charge >= 0.3 is 0 Å². The van der Waals surface area contributed by atoms with Crippen LogP contribution in [0.3, 0.4) is 0 Å². The van der Waals surface area contributed by atoms with Crippen LogP contribution in [0.15, 0.2) is 42.6 Å². The summed E-state index contributed by atoms with van der Waals surface area (Å²) in [5.41, 5.74) is 3.38. The van der Waals surface area contributed by atoms with E-state index in [4.69, 9.17) is 4.74 Å². The number of nitrogens with one attached hydrogen (secondary N) is 1. The first-order valence-electron chi connectivity index (χ1n) is 6.10. The second-order valence-electron chi connectivity index (χ2n) is 4.28. The number of benzene rings is 1. The van der Waals surface area contributed by atoms with E-state index in [2.05, 4.69) is 41.5 Å². The minimum absolute atomic E-state index is 0.624. The molecule has 1 aromatic carbocycles. The van der Waals surface area contributed by atoms with Crippen LogP contribution in [0.5, 0.6) is 5.75 Å². The van der Waals surface area contributed by atoms with E-state index in [0.717, 1.165) is 23.7 Å². The summed E-state index contributed by atoms with van der Waals surface area (Å²) < 4.78 is 5.58. The average molecular weight is 242 g/mol. The number of rotatable bonds is 5. The molecule has 0 spiro atoms. The third-order valence-electron chi connectivity index (χ3n) is 2.64. The molecule has 0 atom stereocenters. The highest BCUT2D eigenvalue weighted by atomic mass is 16.5. The molecule has 0 unspecified atom stereocenters. The molecule has 3 nitrogen and oxygen atoms in total. The summed E-state index contributed by atoms with van der Waals surface area (Å²) in [5, 5.41) is 3.31. The Labute approximate surface area is 108 Å². The Bertz CT molecular complexity index is 429. The molecule has 3 heteroatoms. The highest BCUT2D eigenvalue weighted by molar-refractivity contribution is 5.44. The predicted octanol–water partition coefficient (Wildman–Crippen LogP) is 3.19. The number of ether oxygens (including phenoxy) is 1. The van der Waals surface area contributed by atoms with E-state index < -0.39 is 0 Å². The Morgan fingerprint density at radius 3 is 2.50 bits per heavy atom. The van der Waals surface area contributed by atoms with E-state index in [1.807, 2.05) is 19.1 Å². The topological polar surface area (TPSA) is 34.1 Å². The Balaban J connectivity index is 1.73. The molecule has 94 valence electrons. The van der Waals surface area contributed by atoms with Crippen molar-refractivity contribution in [2.45, 2.75) is 13.8 Å². The van der Waals surface area contributed by atoms with Gasteiger partial charge in [0.05, 0.1) is 6.20 Å². The van der Waals surface area contributed by atoms with Gasteiger partial charge in [0, 0.05) is 17.9 Å². The van der Waals surface area contributed by atoms with Gasteiger partial charge in [-0.3, -0.25) is 4.98 Å². The van der Waals surface area contributed by atoms with Crippen LogP contribution in [0.1, 0.15) is 11.3 Å². The van der Waals surface area contributed by atoms with E-state index >= 15 is 0 Å². The van der Waals surface area contributed by atoms with Crippen molar-refractivity contribution < 1.29 is 4.74 Å². The summed E-state index contributed by atoms with van der Waals surface area (Å²) >= 11 is 0. The van der Waals surface area contributed by atoms with Gasteiger partial charge in [-0.25, -0.2) is 0 Å². The van der Waals surface area contributed by atoms with Crippen LogP contribution < -0.4 is 10.1 Å². The molecule has 18 heavy (non-hydrogen) atoms. The number of nitrogens with zero attached hydrogens (tertiary/aromatic N) is 1. The molecule has 0 aliphatic carbocycles. The third-order valence-corrected chi connectivity index (χ3v) is 2.64. The molecule has 0 saturated heterocycles. The molecule has 1 heterocycles. The Morgan fingerprint density at radius 1 is 1.06 bits per heavy atom. The second-order valence-corrected chi connectivity index (χ2v) is 4.28. The first kappa shape index (κ1) is 12.4. The van der Waals surface area contributed by atoms with Crippen LogP contribution in [-0.2, 0) is 0 Å². The largest absolute Gasteiger partial charge is 0.490 e. The number of hydrogen-bond acceptors (Lipinski definition) is 3. The van der Waals surface area contributed by atoms with Gasteiger partial charge in [0.25, 0.3) is 0 Å². The molecule has 2 aromatic rings.